The van der Waals surface area contributed by atoms with Crippen LogP contribution in [0.3, 0.4) is 0 Å². The first-order chi connectivity index (χ1) is 17.0. The van der Waals surface area contributed by atoms with E-state index in [-0.39, 0.29) is 0 Å². The van der Waals surface area contributed by atoms with Crippen LogP contribution in [0.2, 0.25) is 5.02 Å². The number of benzene rings is 1. The zero-order chi connectivity index (χ0) is 25.0. The topological polar surface area (TPSA) is 52.8 Å². The van der Waals surface area contributed by atoms with Gasteiger partial charge in [-0.05, 0) is 88.5 Å². The third-order valence-electron chi connectivity index (χ3n) is 7.02. The van der Waals surface area contributed by atoms with E-state index in [4.69, 9.17) is 17.3 Å². The van der Waals surface area contributed by atoms with E-state index in [0.29, 0.717) is 25.2 Å². The lowest BCUT2D eigenvalue weighted by atomic mass is 10.1. The third kappa shape index (κ3) is 8.91. The van der Waals surface area contributed by atoms with Gasteiger partial charge in [0.05, 0.1) is 0 Å². The molecule has 1 aromatic carbocycles. The van der Waals surface area contributed by atoms with Gasteiger partial charge in [0.15, 0.2) is 0 Å². The van der Waals surface area contributed by atoms with Crippen LogP contribution < -0.4 is 10.6 Å². The summed E-state index contributed by atoms with van der Waals surface area (Å²) in [5.74, 6) is 0.359. The summed E-state index contributed by atoms with van der Waals surface area (Å²) < 4.78 is 0. The number of nitrogens with zero attached hydrogens (tertiary/aromatic N) is 3. The molecular formula is C29H43ClN4O. The Morgan fingerprint density at radius 1 is 1.03 bits per heavy atom. The van der Waals surface area contributed by atoms with E-state index in [2.05, 4.69) is 65.0 Å². The number of carbonyl (C=O) groups is 1. The summed E-state index contributed by atoms with van der Waals surface area (Å²) in [6, 6.07) is 6.18. The molecule has 192 valence electrons. The predicted octanol–water partition coefficient (Wildman–Crippen LogP) is 5.34. The first-order valence-electron chi connectivity index (χ1n) is 13.2. The number of anilines is 1. The average Bonchev–Trinajstić information content (AvgIpc) is 3.07. The zero-order valence-electron chi connectivity index (χ0n) is 21.6. The Balaban J connectivity index is 1.50. The van der Waals surface area contributed by atoms with Gasteiger partial charge in [0.2, 0.25) is 0 Å². The Kier molecular flexibility index (Phi) is 11.5. The van der Waals surface area contributed by atoms with E-state index in [9.17, 15) is 4.79 Å². The van der Waals surface area contributed by atoms with Crippen molar-refractivity contribution in [3.8, 4) is 0 Å². The second-order valence-corrected chi connectivity index (χ2v) is 10.2. The first kappa shape index (κ1) is 27.7. The lowest BCUT2D eigenvalue weighted by molar-refractivity contribution is -0.119. The van der Waals surface area contributed by atoms with Crippen molar-refractivity contribution in [2.45, 2.75) is 52.4 Å². The molecule has 0 atom stereocenters. The Labute approximate surface area is 217 Å². The zero-order valence-corrected chi connectivity index (χ0v) is 22.4. The molecule has 0 saturated carbocycles. The fourth-order valence-electron chi connectivity index (χ4n) is 4.88. The SMILES string of the molecule is CC1=CCC=CC=C1N(CCCN1CCN(CCCC(=O)CCCN)CC1)c1cc(Cl)ccc1C. The summed E-state index contributed by atoms with van der Waals surface area (Å²) in [6.45, 7) is 12.4. The minimum absolute atomic E-state index is 0.359. The molecule has 0 radical (unpaired) electrons. The molecule has 0 aromatic heterocycles. The number of hydrogen-bond donors (Lipinski definition) is 1. The Morgan fingerprint density at radius 2 is 1.71 bits per heavy atom. The smallest absolute Gasteiger partial charge is 0.133 e. The van der Waals surface area contributed by atoms with Gasteiger partial charge in [-0.15, -0.1) is 0 Å². The van der Waals surface area contributed by atoms with Crippen LogP contribution in [0, 0.1) is 6.92 Å². The molecule has 1 saturated heterocycles. The number of carbonyl (C=O) groups excluding carboxylic acids is 1. The predicted molar refractivity (Wildman–Crippen MR) is 149 cm³/mol. The van der Waals surface area contributed by atoms with Gasteiger partial charge in [-0.2, -0.15) is 0 Å². The van der Waals surface area contributed by atoms with E-state index in [0.717, 1.165) is 76.5 Å². The Bertz CT molecular complexity index is 915. The first-order valence-corrected chi connectivity index (χ1v) is 13.6. The van der Waals surface area contributed by atoms with Crippen molar-refractivity contribution in [1.29, 1.82) is 0 Å². The molecule has 35 heavy (non-hydrogen) atoms. The second-order valence-electron chi connectivity index (χ2n) is 9.76. The number of piperazine rings is 1. The highest BCUT2D eigenvalue weighted by molar-refractivity contribution is 6.30. The van der Waals surface area contributed by atoms with Crippen LogP contribution in [-0.4, -0.2) is 67.9 Å². The molecule has 0 spiro atoms. The minimum Gasteiger partial charge on any atom is -0.341 e. The molecule has 2 aliphatic rings. The van der Waals surface area contributed by atoms with E-state index in [1.807, 2.05) is 6.07 Å². The van der Waals surface area contributed by atoms with Crippen molar-refractivity contribution in [2.75, 3.05) is 57.3 Å². The van der Waals surface area contributed by atoms with Crippen molar-refractivity contribution < 1.29 is 4.79 Å². The highest BCUT2D eigenvalue weighted by Crippen LogP contribution is 2.31. The van der Waals surface area contributed by atoms with Gasteiger partial charge in [0.1, 0.15) is 5.78 Å². The largest absolute Gasteiger partial charge is 0.341 e. The van der Waals surface area contributed by atoms with Crippen molar-refractivity contribution in [2.24, 2.45) is 5.73 Å². The second kappa shape index (κ2) is 14.6. The molecule has 6 heteroatoms. The molecule has 5 nitrogen and oxygen atoms in total. The summed E-state index contributed by atoms with van der Waals surface area (Å²) in [4.78, 5) is 19.4. The number of halogens is 1. The molecule has 1 aliphatic heterocycles. The lowest BCUT2D eigenvalue weighted by Crippen LogP contribution is -2.47. The molecule has 2 N–H and O–H groups in total. The average molecular weight is 499 g/mol. The fraction of sp³-hybridized carbons (Fsp3) is 0.552. The minimum atomic E-state index is 0.359. The van der Waals surface area contributed by atoms with Crippen LogP contribution >= 0.6 is 11.6 Å². The maximum Gasteiger partial charge on any atom is 0.133 e. The van der Waals surface area contributed by atoms with Gasteiger partial charge in [0.25, 0.3) is 0 Å². The van der Waals surface area contributed by atoms with Gasteiger partial charge in [0, 0.05) is 62.0 Å². The van der Waals surface area contributed by atoms with E-state index < -0.39 is 0 Å². The molecule has 1 aliphatic carbocycles. The summed E-state index contributed by atoms with van der Waals surface area (Å²) in [6.07, 6.45) is 14.1. The molecule has 1 heterocycles. The molecule has 3 rings (SSSR count). The third-order valence-corrected chi connectivity index (χ3v) is 7.25. The lowest BCUT2D eigenvalue weighted by Gasteiger charge is -2.35. The van der Waals surface area contributed by atoms with E-state index in [1.165, 1.54) is 22.5 Å². The molecule has 1 fully saturated rings. The normalized spacial score (nSPS) is 17.1. The number of rotatable bonds is 13. The monoisotopic (exact) mass is 498 g/mol. The van der Waals surface area contributed by atoms with Crippen LogP contribution in [0.4, 0.5) is 5.69 Å². The number of nitrogens with two attached hydrogens (primary N) is 1. The Hall–Kier alpha value is -1.92. The highest BCUT2D eigenvalue weighted by Gasteiger charge is 2.19. The maximum absolute atomic E-state index is 11.9. The van der Waals surface area contributed by atoms with Crippen LogP contribution in [0.5, 0.6) is 0 Å². The van der Waals surface area contributed by atoms with Crippen molar-refractivity contribution in [3.05, 3.63) is 64.4 Å². The van der Waals surface area contributed by atoms with Crippen molar-refractivity contribution in [1.82, 2.24) is 9.80 Å². The van der Waals surface area contributed by atoms with Crippen LogP contribution in [0.1, 0.15) is 51.0 Å². The number of ketones is 1. The van der Waals surface area contributed by atoms with Gasteiger partial charge >= 0.3 is 0 Å². The van der Waals surface area contributed by atoms with Crippen LogP contribution in [0.15, 0.2) is 53.8 Å². The summed E-state index contributed by atoms with van der Waals surface area (Å²) in [5.41, 5.74) is 10.5. The molecule has 0 amide bonds. The summed E-state index contributed by atoms with van der Waals surface area (Å²) in [5, 5.41) is 0.777. The summed E-state index contributed by atoms with van der Waals surface area (Å²) >= 11 is 6.40. The quantitative estimate of drug-likeness (QED) is 0.397. The standard InChI is InChI=1S/C29H43ClN4O/c1-24-9-4-3-5-12-28(24)34(29-23-26(30)14-13-25(29)2)18-8-17-33-21-19-32(20-22-33)16-7-11-27(35)10-6-15-31/h3,5,9,12-14,23H,4,6-8,10-11,15-22,31H2,1-2H3. The molecular weight excluding hydrogens is 456 g/mol. The molecule has 1 aromatic rings. The molecule has 0 bridgehead atoms. The Morgan fingerprint density at radius 3 is 2.43 bits per heavy atom. The van der Waals surface area contributed by atoms with Gasteiger partial charge in [-0.1, -0.05) is 35.9 Å². The van der Waals surface area contributed by atoms with E-state index in [1.54, 1.807) is 0 Å². The van der Waals surface area contributed by atoms with Crippen LogP contribution in [0.25, 0.3) is 0 Å². The van der Waals surface area contributed by atoms with E-state index >= 15 is 0 Å². The van der Waals surface area contributed by atoms with Crippen molar-refractivity contribution in [3.63, 3.8) is 0 Å². The van der Waals surface area contributed by atoms with Crippen molar-refractivity contribution >= 4 is 23.1 Å². The van der Waals surface area contributed by atoms with Gasteiger partial charge < -0.3 is 20.4 Å². The fourth-order valence-corrected chi connectivity index (χ4v) is 5.04. The van der Waals surface area contributed by atoms with Crippen LogP contribution in [-0.2, 0) is 4.79 Å². The number of hydrogen-bond acceptors (Lipinski definition) is 5. The maximum atomic E-state index is 11.9. The molecule has 0 unspecified atom stereocenters. The number of aryl methyl sites for hydroxylation is 1. The van der Waals surface area contributed by atoms with Gasteiger partial charge in [-0.3, -0.25) is 4.79 Å². The highest BCUT2D eigenvalue weighted by atomic mass is 35.5. The summed E-state index contributed by atoms with van der Waals surface area (Å²) in [7, 11) is 0. The number of Topliss-reactive ketones (excluding diaryl/α,β-unsaturated/α-hetero) is 1. The number of allylic oxidation sites excluding steroid dienone is 5. The van der Waals surface area contributed by atoms with Gasteiger partial charge in [-0.25, -0.2) is 0 Å².